The molecular weight excluding hydrogens is 228 g/mol. The third-order valence-electron chi connectivity index (χ3n) is 3.23. The summed E-state index contributed by atoms with van der Waals surface area (Å²) in [5.74, 6) is -0.0728. The minimum absolute atomic E-state index is 0.0295. The highest BCUT2D eigenvalue weighted by atomic mass is 16.3. The normalized spacial score (nSPS) is 19.6. The van der Waals surface area contributed by atoms with Gasteiger partial charge in [0.1, 0.15) is 0 Å². The van der Waals surface area contributed by atoms with E-state index < -0.39 is 0 Å². The molecule has 0 bridgehead atoms. The van der Waals surface area contributed by atoms with E-state index in [1.807, 2.05) is 0 Å². The zero-order chi connectivity index (χ0) is 13.3. The smallest absolute Gasteiger partial charge is 0.157 e. The van der Waals surface area contributed by atoms with Crippen molar-refractivity contribution in [3.05, 3.63) is 23.3 Å². The van der Waals surface area contributed by atoms with Crippen molar-refractivity contribution in [2.75, 3.05) is 13.1 Å². The molecule has 0 saturated carbocycles. The number of fused-ring (bicyclic) bond motifs is 1. The molecule has 1 heterocycles. The van der Waals surface area contributed by atoms with E-state index in [2.05, 4.69) is 31.4 Å². The lowest BCUT2D eigenvalue weighted by molar-refractivity contribution is 0.370. The largest absolute Gasteiger partial charge is 0.504 e. The quantitative estimate of drug-likeness (QED) is 0.603. The molecule has 2 rings (SSSR count). The van der Waals surface area contributed by atoms with Crippen molar-refractivity contribution in [1.29, 1.82) is 0 Å². The van der Waals surface area contributed by atoms with Gasteiger partial charge in [-0.3, -0.25) is 0 Å². The zero-order valence-corrected chi connectivity index (χ0v) is 11.2. The molecule has 4 heteroatoms. The maximum absolute atomic E-state index is 9.62. The Morgan fingerprint density at radius 2 is 1.94 bits per heavy atom. The fourth-order valence-corrected chi connectivity index (χ4v) is 2.26. The summed E-state index contributed by atoms with van der Waals surface area (Å²) in [5, 5.41) is 26.1. The topological polar surface area (TPSA) is 64.5 Å². The summed E-state index contributed by atoms with van der Waals surface area (Å²) in [6, 6.07) is 3.53. The van der Waals surface area contributed by atoms with Crippen LogP contribution < -0.4 is 10.6 Å². The molecule has 0 radical (unpaired) electrons. The second kappa shape index (κ2) is 4.78. The number of hydrogen-bond acceptors (Lipinski definition) is 4. The predicted octanol–water partition coefficient (Wildman–Crippen LogP) is 1.67. The number of rotatable bonds is 2. The molecule has 1 aliphatic rings. The first-order valence-electron chi connectivity index (χ1n) is 6.40. The van der Waals surface area contributed by atoms with Gasteiger partial charge in [0.25, 0.3) is 0 Å². The third-order valence-corrected chi connectivity index (χ3v) is 3.23. The molecule has 1 atom stereocenters. The minimum atomic E-state index is -0.0433. The maximum Gasteiger partial charge on any atom is 0.157 e. The second-order valence-corrected chi connectivity index (χ2v) is 5.93. The van der Waals surface area contributed by atoms with Gasteiger partial charge in [-0.25, -0.2) is 0 Å². The Morgan fingerprint density at radius 1 is 1.28 bits per heavy atom. The van der Waals surface area contributed by atoms with E-state index in [0.29, 0.717) is 0 Å². The van der Waals surface area contributed by atoms with Crippen LogP contribution in [0.5, 0.6) is 11.5 Å². The number of aromatic hydroxyl groups is 2. The molecule has 1 aromatic carbocycles. The Morgan fingerprint density at radius 3 is 2.61 bits per heavy atom. The van der Waals surface area contributed by atoms with Crippen LogP contribution in [-0.2, 0) is 6.42 Å². The van der Waals surface area contributed by atoms with Crippen LogP contribution in [0.4, 0.5) is 0 Å². The Labute approximate surface area is 108 Å². The van der Waals surface area contributed by atoms with Crippen molar-refractivity contribution in [3.8, 4) is 11.5 Å². The Hall–Kier alpha value is -1.26. The van der Waals surface area contributed by atoms with Crippen LogP contribution in [0.15, 0.2) is 12.1 Å². The van der Waals surface area contributed by atoms with Crippen molar-refractivity contribution >= 4 is 0 Å². The number of benzene rings is 1. The van der Waals surface area contributed by atoms with Gasteiger partial charge in [0.2, 0.25) is 0 Å². The highest BCUT2D eigenvalue weighted by Crippen LogP contribution is 2.33. The van der Waals surface area contributed by atoms with Crippen LogP contribution >= 0.6 is 0 Å². The lowest BCUT2D eigenvalue weighted by Crippen LogP contribution is -2.43. The average molecular weight is 250 g/mol. The van der Waals surface area contributed by atoms with Gasteiger partial charge in [-0.1, -0.05) is 0 Å². The average Bonchev–Trinajstić information content (AvgIpc) is 2.27. The molecule has 0 saturated heterocycles. The van der Waals surface area contributed by atoms with E-state index in [-0.39, 0.29) is 23.1 Å². The Bertz CT molecular complexity index is 438. The van der Waals surface area contributed by atoms with Gasteiger partial charge in [-0.2, -0.15) is 0 Å². The molecule has 18 heavy (non-hydrogen) atoms. The van der Waals surface area contributed by atoms with Crippen LogP contribution in [0.25, 0.3) is 0 Å². The summed E-state index contributed by atoms with van der Waals surface area (Å²) >= 11 is 0. The van der Waals surface area contributed by atoms with Gasteiger partial charge in [0.15, 0.2) is 11.5 Å². The fourth-order valence-electron chi connectivity index (χ4n) is 2.26. The molecule has 1 aromatic rings. The molecule has 0 spiro atoms. The zero-order valence-electron chi connectivity index (χ0n) is 11.2. The molecule has 4 N–H and O–H groups in total. The van der Waals surface area contributed by atoms with Gasteiger partial charge in [-0.05, 0) is 57.0 Å². The summed E-state index contributed by atoms with van der Waals surface area (Å²) in [6.07, 6.45) is 0.884. The standard InChI is InChI=1S/C14H22N2O2/c1-14(2,3)16-8-11-10-7-13(18)12(17)6-9(10)4-5-15-11/h6-7,11,15-18H,4-5,8H2,1-3H3/t11-/m0/s1. The van der Waals surface area contributed by atoms with Gasteiger partial charge in [-0.15, -0.1) is 0 Å². The van der Waals surface area contributed by atoms with Crippen molar-refractivity contribution in [2.24, 2.45) is 0 Å². The highest BCUT2D eigenvalue weighted by molar-refractivity contribution is 5.47. The van der Waals surface area contributed by atoms with Gasteiger partial charge in [0.05, 0.1) is 0 Å². The number of nitrogens with one attached hydrogen (secondary N) is 2. The second-order valence-electron chi connectivity index (χ2n) is 5.93. The molecule has 0 fully saturated rings. The summed E-state index contributed by atoms with van der Waals surface area (Å²) < 4.78 is 0. The van der Waals surface area contributed by atoms with E-state index in [1.54, 1.807) is 12.1 Å². The van der Waals surface area contributed by atoms with E-state index >= 15 is 0 Å². The highest BCUT2D eigenvalue weighted by Gasteiger charge is 2.23. The van der Waals surface area contributed by atoms with Crippen LogP contribution in [0, 0.1) is 0 Å². The molecule has 0 aromatic heterocycles. The van der Waals surface area contributed by atoms with Crippen LogP contribution in [0.1, 0.15) is 37.9 Å². The minimum Gasteiger partial charge on any atom is -0.504 e. The summed E-state index contributed by atoms with van der Waals surface area (Å²) in [5.41, 5.74) is 2.26. The van der Waals surface area contributed by atoms with Crippen molar-refractivity contribution < 1.29 is 10.2 Å². The first kappa shape index (κ1) is 13.2. The Kier molecular flexibility index (Phi) is 3.50. The van der Waals surface area contributed by atoms with Gasteiger partial charge in [0, 0.05) is 18.1 Å². The molecule has 4 nitrogen and oxygen atoms in total. The van der Waals surface area contributed by atoms with Crippen LogP contribution in [0.2, 0.25) is 0 Å². The van der Waals surface area contributed by atoms with Gasteiger partial charge >= 0.3 is 0 Å². The van der Waals surface area contributed by atoms with E-state index in [9.17, 15) is 10.2 Å². The maximum atomic E-state index is 9.62. The predicted molar refractivity (Wildman–Crippen MR) is 72.0 cm³/mol. The summed E-state index contributed by atoms with van der Waals surface area (Å²) in [7, 11) is 0. The van der Waals surface area contributed by atoms with E-state index in [0.717, 1.165) is 30.6 Å². The van der Waals surface area contributed by atoms with Crippen LogP contribution in [0.3, 0.4) is 0 Å². The van der Waals surface area contributed by atoms with Crippen molar-refractivity contribution in [3.63, 3.8) is 0 Å². The molecule has 0 aliphatic carbocycles. The third kappa shape index (κ3) is 2.94. The van der Waals surface area contributed by atoms with Crippen LogP contribution in [-0.4, -0.2) is 28.8 Å². The fraction of sp³-hybridized carbons (Fsp3) is 0.571. The molecule has 0 unspecified atom stereocenters. The first-order chi connectivity index (χ1) is 8.37. The number of hydrogen-bond donors (Lipinski definition) is 4. The number of phenols is 2. The number of phenolic OH excluding ortho intramolecular Hbond substituents is 2. The van der Waals surface area contributed by atoms with Gasteiger partial charge < -0.3 is 20.8 Å². The monoisotopic (exact) mass is 250 g/mol. The molecular formula is C14H22N2O2. The SMILES string of the molecule is CC(C)(C)NC[C@@H]1NCCc2cc(O)c(O)cc21. The van der Waals surface area contributed by atoms with Crippen molar-refractivity contribution in [2.45, 2.75) is 38.8 Å². The Balaban J connectivity index is 2.20. The lowest BCUT2D eigenvalue weighted by Gasteiger charge is -2.30. The first-order valence-corrected chi connectivity index (χ1v) is 6.40. The molecule has 1 aliphatic heterocycles. The summed E-state index contributed by atoms with van der Waals surface area (Å²) in [4.78, 5) is 0. The lowest BCUT2D eigenvalue weighted by atomic mass is 9.93. The van der Waals surface area contributed by atoms with E-state index in [1.165, 1.54) is 0 Å². The molecule has 0 amide bonds. The molecule has 100 valence electrons. The van der Waals surface area contributed by atoms with Crippen molar-refractivity contribution in [1.82, 2.24) is 10.6 Å². The van der Waals surface area contributed by atoms with E-state index in [4.69, 9.17) is 0 Å². The summed E-state index contributed by atoms with van der Waals surface area (Å²) in [6.45, 7) is 8.09.